The van der Waals surface area contributed by atoms with Gasteiger partial charge in [-0.25, -0.2) is 9.97 Å². The molecule has 7 heterocycles. The number of hydrogen-bond donors (Lipinski definition) is 4. The monoisotopic (exact) mass is 724 g/mol. The van der Waals surface area contributed by atoms with Crippen LogP contribution in [0.1, 0.15) is 41.4 Å². The summed E-state index contributed by atoms with van der Waals surface area (Å²) >= 11 is 0. The first-order valence-corrected chi connectivity index (χ1v) is 15.1. The van der Waals surface area contributed by atoms with Crippen molar-refractivity contribution in [1.29, 1.82) is 0 Å². The zero-order chi connectivity index (χ0) is 34.5. The van der Waals surface area contributed by atoms with Gasteiger partial charge in [-0.15, -0.1) is 0 Å². The molecule has 0 atom stereocenters. The Morgan fingerprint density at radius 2 is 0.667 bits per heavy atom. The molecule has 9 rings (SSSR count). The number of aromatic nitrogens is 10. The van der Waals surface area contributed by atoms with Crippen molar-refractivity contribution in [2.45, 2.75) is 0 Å². The van der Waals surface area contributed by atoms with Gasteiger partial charge < -0.3 is 29.9 Å². The Morgan fingerprint density at radius 1 is 0.392 bits per heavy atom. The van der Waals surface area contributed by atoms with E-state index in [1.165, 1.54) is 24.3 Å². The van der Waals surface area contributed by atoms with E-state index in [0.717, 1.165) is 0 Å². The molecule has 0 saturated carbocycles. The Kier molecular flexibility index (Phi) is 10.1. The molecule has 0 unspecified atom stereocenters. The predicted octanol–water partition coefficient (Wildman–Crippen LogP) is 5.16. The van der Waals surface area contributed by atoms with E-state index < -0.39 is 0 Å². The average Bonchev–Trinajstić information content (AvgIpc) is 3.69. The standard InChI is InChI=1S/C26H16N8O4.2C5H5N.Zn/c35-11-7-9-13(37)21-19(11)23-29-15-3-1-4-16(27-15)30-24-20-12(36)8-10-14(38)22(20)26(34-24)32-18-6-2-5-17(28-18)31-25(21)33-23;2*1-2-4-6-5-3-1;/h1-10H,(H6,27,28,29,30,31,32,33,34,35,36,37,38);2*1-5H;/q;;;+2/p-2. The van der Waals surface area contributed by atoms with Crippen LogP contribution in [0.5, 0.6) is 0 Å². The molecule has 15 heteroatoms. The van der Waals surface area contributed by atoms with Gasteiger partial charge in [-0.3, -0.25) is 29.1 Å². The minimum atomic E-state index is -0.380. The maximum absolute atomic E-state index is 12.8. The SMILES string of the molecule is O=C1C=CC(=O)c2c1c1[n-]c2[nH]c2cccc(n2)[nH]c2[n-]c([nH]c3cccc(n3)[nH]1)c1c2C(=O)C=CC1=O.[Zn+2].c1ccncc1.c1ccncc1. The molecule has 14 nitrogen and oxygen atoms in total. The molecule has 0 radical (unpaired) electrons. The fraction of sp³-hybridized carbons (Fsp3) is 0. The van der Waals surface area contributed by atoms with Gasteiger partial charge in [-0.2, -0.15) is 0 Å². The van der Waals surface area contributed by atoms with Crippen LogP contribution >= 0.6 is 0 Å². The summed E-state index contributed by atoms with van der Waals surface area (Å²) in [6.07, 6.45) is 11.8. The van der Waals surface area contributed by atoms with E-state index in [1.54, 1.807) is 61.2 Å². The molecular weight excluding hydrogens is 702 g/mol. The molecule has 2 aliphatic carbocycles. The molecule has 7 aromatic heterocycles. The summed E-state index contributed by atoms with van der Waals surface area (Å²) in [7, 11) is 0. The van der Waals surface area contributed by atoms with Crippen LogP contribution in [0.15, 0.2) is 122 Å². The number of fused-ring (bicyclic) bond motifs is 14. The van der Waals surface area contributed by atoms with Crippen molar-refractivity contribution in [2.75, 3.05) is 0 Å². The van der Waals surface area contributed by atoms with Gasteiger partial charge in [0.05, 0.1) is 22.6 Å². The van der Waals surface area contributed by atoms with Crippen molar-refractivity contribution in [1.82, 2.24) is 49.8 Å². The normalized spacial score (nSPS) is 12.5. The van der Waals surface area contributed by atoms with E-state index in [0.29, 0.717) is 22.6 Å². The van der Waals surface area contributed by atoms with Crippen molar-refractivity contribution >= 4 is 68.3 Å². The van der Waals surface area contributed by atoms with Crippen molar-refractivity contribution in [3.05, 3.63) is 144 Å². The zero-order valence-corrected chi connectivity index (χ0v) is 29.5. The average molecular weight is 726 g/mol. The molecule has 8 bridgehead atoms. The van der Waals surface area contributed by atoms with Gasteiger partial charge in [0.15, 0.2) is 23.1 Å². The zero-order valence-electron chi connectivity index (χ0n) is 26.6. The summed E-state index contributed by atoms with van der Waals surface area (Å²) in [5.41, 5.74) is 2.29. The smallest absolute Gasteiger partial charge is 0.398 e. The van der Waals surface area contributed by atoms with Crippen LogP contribution in [-0.2, 0) is 19.5 Å². The first-order valence-electron chi connectivity index (χ1n) is 15.1. The van der Waals surface area contributed by atoms with Gasteiger partial charge in [-0.1, -0.05) is 24.3 Å². The van der Waals surface area contributed by atoms with Crippen LogP contribution in [0.2, 0.25) is 0 Å². The second-order valence-electron chi connectivity index (χ2n) is 10.6. The number of carbonyl (C=O) groups excluding carboxylic acids is 4. The number of nitrogens with zero attached hydrogens (tertiary/aromatic N) is 6. The van der Waals surface area contributed by atoms with Crippen LogP contribution in [0.25, 0.3) is 45.2 Å². The van der Waals surface area contributed by atoms with E-state index in [4.69, 9.17) is 0 Å². The molecule has 0 fully saturated rings. The predicted molar refractivity (Wildman–Crippen MR) is 184 cm³/mol. The van der Waals surface area contributed by atoms with E-state index in [9.17, 15) is 19.2 Å². The summed E-state index contributed by atoms with van der Waals surface area (Å²) in [6, 6.07) is 21.4. The minimum absolute atomic E-state index is 0. The van der Waals surface area contributed by atoms with Crippen LogP contribution < -0.4 is 9.97 Å². The Hall–Kier alpha value is -6.86. The molecule has 0 aliphatic heterocycles. The van der Waals surface area contributed by atoms with Gasteiger partial charge >= 0.3 is 19.5 Å². The molecule has 0 spiro atoms. The number of allylic oxidation sites excluding steroid dienone is 4. The van der Waals surface area contributed by atoms with Crippen molar-refractivity contribution in [2.24, 2.45) is 0 Å². The second kappa shape index (κ2) is 15.1. The topological polar surface area (TPSA) is 211 Å². The Bertz CT molecular complexity index is 2270. The van der Waals surface area contributed by atoms with Crippen molar-refractivity contribution in [3.63, 3.8) is 0 Å². The molecule has 0 amide bonds. The van der Waals surface area contributed by atoms with Gasteiger partial charge in [0.25, 0.3) is 0 Å². The van der Waals surface area contributed by atoms with E-state index >= 15 is 0 Å². The quantitative estimate of drug-likeness (QED) is 0.151. The number of rotatable bonds is 0. The molecule has 244 valence electrons. The fourth-order valence-corrected chi connectivity index (χ4v) is 5.14. The second-order valence-corrected chi connectivity index (χ2v) is 10.6. The largest absolute Gasteiger partial charge is 2.00 e. The van der Waals surface area contributed by atoms with E-state index in [1.807, 2.05) is 36.4 Å². The van der Waals surface area contributed by atoms with Gasteiger partial charge in [0, 0.05) is 69.6 Å². The van der Waals surface area contributed by atoms with E-state index in [2.05, 4.69) is 49.8 Å². The van der Waals surface area contributed by atoms with Gasteiger partial charge in [0.1, 0.15) is 0 Å². The number of aromatic amines is 4. The number of ketones is 4. The van der Waals surface area contributed by atoms with Crippen LogP contribution in [0.4, 0.5) is 0 Å². The maximum Gasteiger partial charge on any atom is 2.00 e. The molecule has 51 heavy (non-hydrogen) atoms. The van der Waals surface area contributed by atoms with Crippen molar-refractivity contribution in [3.8, 4) is 0 Å². The first kappa shape index (κ1) is 34.0. The maximum atomic E-state index is 12.8. The molecule has 2 aliphatic rings. The number of H-pyrrole nitrogens is 4. The third-order valence-corrected chi connectivity index (χ3v) is 7.27. The van der Waals surface area contributed by atoms with Crippen molar-refractivity contribution < 1.29 is 38.7 Å². The number of pyridine rings is 4. The van der Waals surface area contributed by atoms with Crippen LogP contribution in [0, 0.1) is 0 Å². The molecule has 0 aromatic carbocycles. The fourth-order valence-electron chi connectivity index (χ4n) is 5.14. The third-order valence-electron chi connectivity index (χ3n) is 7.27. The van der Waals surface area contributed by atoms with Crippen LogP contribution in [0.3, 0.4) is 0 Å². The number of carbonyl (C=O) groups is 4. The third kappa shape index (κ3) is 7.43. The summed E-state index contributed by atoms with van der Waals surface area (Å²) in [4.78, 5) is 88.7. The van der Waals surface area contributed by atoms with Crippen LogP contribution in [-0.4, -0.2) is 63.0 Å². The summed E-state index contributed by atoms with van der Waals surface area (Å²) in [5.74, 6) is -1.52. The Morgan fingerprint density at radius 3 is 0.882 bits per heavy atom. The Labute approximate surface area is 300 Å². The minimum Gasteiger partial charge on any atom is -0.398 e. The van der Waals surface area contributed by atoms with Gasteiger partial charge in [0.2, 0.25) is 0 Å². The van der Waals surface area contributed by atoms with Gasteiger partial charge in [-0.05, 0) is 72.8 Å². The Balaban J connectivity index is 0.000000292. The molecular formula is C36H24N10O4Zn. The molecule has 4 N–H and O–H groups in total. The summed E-state index contributed by atoms with van der Waals surface area (Å²) in [6.45, 7) is 0. The van der Waals surface area contributed by atoms with E-state index in [-0.39, 0.29) is 87.5 Å². The molecule has 0 saturated heterocycles. The molecule has 7 aromatic rings. The first-order chi connectivity index (χ1) is 24.4. The summed E-state index contributed by atoms with van der Waals surface area (Å²) < 4.78 is 0. The summed E-state index contributed by atoms with van der Waals surface area (Å²) in [5, 5.41) is 0. The number of nitrogens with one attached hydrogen (secondary N) is 4. The number of hydrogen-bond acceptors (Lipinski definition) is 8.